The van der Waals surface area contributed by atoms with E-state index in [1.807, 2.05) is 95.3 Å². The lowest BCUT2D eigenvalue weighted by Crippen LogP contribution is -2.56. The molecule has 8 nitrogen and oxygen atoms in total. The molecule has 41 heavy (non-hydrogen) atoms. The van der Waals surface area contributed by atoms with E-state index in [2.05, 4.69) is 5.32 Å². The summed E-state index contributed by atoms with van der Waals surface area (Å²) in [6.07, 6.45) is 1.31. The topological polar surface area (TPSA) is 96.0 Å². The normalized spacial score (nSPS) is 12.4. The van der Waals surface area contributed by atoms with Crippen molar-refractivity contribution in [3.63, 3.8) is 0 Å². The average Bonchev–Trinajstić information content (AvgIpc) is 2.89. The smallest absolute Gasteiger partial charge is 0.244 e. The second-order valence-corrected chi connectivity index (χ2v) is 13.2. The molecule has 3 rings (SSSR count). The number of anilines is 1. The van der Waals surface area contributed by atoms with E-state index in [0.29, 0.717) is 5.75 Å². The Morgan fingerprint density at radius 2 is 1.59 bits per heavy atom. The highest BCUT2D eigenvalue weighted by molar-refractivity contribution is 7.92. The number of benzene rings is 3. The van der Waals surface area contributed by atoms with Crippen LogP contribution in [-0.2, 0) is 32.6 Å². The van der Waals surface area contributed by atoms with Crippen LogP contribution < -0.4 is 14.4 Å². The second-order valence-electron chi connectivity index (χ2n) is 11.3. The molecule has 0 fully saturated rings. The Kier molecular flexibility index (Phi) is 10.2. The van der Waals surface area contributed by atoms with Crippen LogP contribution in [0, 0.1) is 13.8 Å². The lowest BCUT2D eigenvalue weighted by Gasteiger charge is -2.35. The highest BCUT2D eigenvalue weighted by Gasteiger charge is 2.35. The van der Waals surface area contributed by atoms with Gasteiger partial charge in [0, 0.05) is 18.5 Å². The number of nitrogens with one attached hydrogen (secondary N) is 1. The van der Waals surface area contributed by atoms with E-state index in [0.717, 1.165) is 32.8 Å². The maximum Gasteiger partial charge on any atom is 0.244 e. The number of hydrogen-bond acceptors (Lipinski definition) is 5. The summed E-state index contributed by atoms with van der Waals surface area (Å²) in [5, 5.41) is 3.03. The van der Waals surface area contributed by atoms with Crippen LogP contribution in [0.15, 0.2) is 72.8 Å². The lowest BCUT2D eigenvalue weighted by molar-refractivity contribution is -0.140. The van der Waals surface area contributed by atoms with Gasteiger partial charge in [-0.25, -0.2) is 8.42 Å². The highest BCUT2D eigenvalue weighted by Crippen LogP contribution is 2.31. The highest BCUT2D eigenvalue weighted by atomic mass is 32.2. The predicted molar refractivity (Wildman–Crippen MR) is 163 cm³/mol. The van der Waals surface area contributed by atoms with Crippen LogP contribution in [-0.4, -0.2) is 56.6 Å². The Bertz CT molecular complexity index is 1470. The number of nitrogens with zero attached hydrogens (tertiary/aromatic N) is 2. The first-order valence-electron chi connectivity index (χ1n) is 13.5. The SMILES string of the molecule is COc1ccc(C)cc1N(CC(=O)N(Cc1ccccc1C)[C@H](Cc1ccccc1)C(=O)NC(C)(C)C)S(C)(=O)=O. The maximum absolute atomic E-state index is 14.3. The van der Waals surface area contributed by atoms with E-state index in [9.17, 15) is 18.0 Å². The third-order valence-corrected chi connectivity index (χ3v) is 7.78. The van der Waals surface area contributed by atoms with Gasteiger partial charge in [-0.15, -0.1) is 0 Å². The molecule has 0 radical (unpaired) electrons. The van der Waals surface area contributed by atoms with Gasteiger partial charge in [0.25, 0.3) is 0 Å². The van der Waals surface area contributed by atoms with Gasteiger partial charge in [0.15, 0.2) is 0 Å². The number of rotatable bonds is 11. The Hall–Kier alpha value is -3.85. The number of amides is 2. The fourth-order valence-electron chi connectivity index (χ4n) is 4.57. The fraction of sp³-hybridized carbons (Fsp3) is 0.375. The van der Waals surface area contributed by atoms with Crippen LogP contribution in [0.5, 0.6) is 5.75 Å². The number of ether oxygens (including phenoxy) is 1. The van der Waals surface area contributed by atoms with E-state index in [-0.39, 0.29) is 24.6 Å². The quantitative estimate of drug-likeness (QED) is 0.357. The minimum atomic E-state index is -3.91. The van der Waals surface area contributed by atoms with Crippen molar-refractivity contribution in [2.75, 3.05) is 24.2 Å². The van der Waals surface area contributed by atoms with Crippen molar-refractivity contribution in [1.82, 2.24) is 10.2 Å². The number of methoxy groups -OCH3 is 1. The summed E-state index contributed by atoms with van der Waals surface area (Å²) in [5.41, 5.74) is 3.23. The largest absolute Gasteiger partial charge is 0.495 e. The summed E-state index contributed by atoms with van der Waals surface area (Å²) >= 11 is 0. The molecule has 0 spiro atoms. The van der Waals surface area contributed by atoms with Crippen LogP contribution in [0.4, 0.5) is 5.69 Å². The first-order valence-corrected chi connectivity index (χ1v) is 15.4. The van der Waals surface area contributed by atoms with Crippen molar-refractivity contribution in [1.29, 1.82) is 0 Å². The first kappa shape index (κ1) is 31.7. The molecule has 220 valence electrons. The molecule has 0 aliphatic carbocycles. The van der Waals surface area contributed by atoms with Gasteiger partial charge in [0.2, 0.25) is 21.8 Å². The van der Waals surface area contributed by atoms with Crippen molar-refractivity contribution < 1.29 is 22.7 Å². The molecule has 3 aromatic rings. The predicted octanol–water partition coefficient (Wildman–Crippen LogP) is 4.63. The molecule has 0 aliphatic rings. The van der Waals surface area contributed by atoms with E-state index >= 15 is 0 Å². The molecular weight excluding hydrogens is 538 g/mol. The summed E-state index contributed by atoms with van der Waals surface area (Å²) < 4.78 is 32.7. The van der Waals surface area contributed by atoms with Crippen LogP contribution in [0.2, 0.25) is 0 Å². The van der Waals surface area contributed by atoms with Crippen LogP contribution in [0.3, 0.4) is 0 Å². The summed E-state index contributed by atoms with van der Waals surface area (Å²) in [6, 6.07) is 21.4. The molecule has 0 aromatic heterocycles. The molecule has 0 unspecified atom stereocenters. The molecule has 1 N–H and O–H groups in total. The Morgan fingerprint density at radius 3 is 2.17 bits per heavy atom. The lowest BCUT2D eigenvalue weighted by atomic mass is 10.00. The number of sulfonamides is 1. The summed E-state index contributed by atoms with van der Waals surface area (Å²) in [6.45, 7) is 9.05. The fourth-order valence-corrected chi connectivity index (χ4v) is 5.41. The number of hydrogen-bond donors (Lipinski definition) is 1. The minimum Gasteiger partial charge on any atom is -0.495 e. The van der Waals surface area contributed by atoms with Crippen molar-refractivity contribution in [2.45, 2.75) is 59.2 Å². The van der Waals surface area contributed by atoms with E-state index in [4.69, 9.17) is 4.74 Å². The van der Waals surface area contributed by atoms with Crippen molar-refractivity contribution in [3.05, 3.63) is 95.1 Å². The third kappa shape index (κ3) is 8.82. The van der Waals surface area contributed by atoms with Crippen molar-refractivity contribution in [2.24, 2.45) is 0 Å². The molecule has 9 heteroatoms. The Labute approximate surface area is 244 Å². The zero-order valence-corrected chi connectivity index (χ0v) is 25.8. The number of carbonyl (C=O) groups is 2. The average molecular weight is 580 g/mol. The molecular formula is C32H41N3O5S. The monoisotopic (exact) mass is 579 g/mol. The zero-order chi connectivity index (χ0) is 30.4. The Balaban J connectivity index is 2.13. The van der Waals surface area contributed by atoms with Gasteiger partial charge in [-0.2, -0.15) is 0 Å². The van der Waals surface area contributed by atoms with Gasteiger partial charge in [-0.1, -0.05) is 60.7 Å². The van der Waals surface area contributed by atoms with E-state index in [1.54, 1.807) is 12.1 Å². The second kappa shape index (κ2) is 13.2. The van der Waals surface area contributed by atoms with Gasteiger partial charge in [0.1, 0.15) is 18.3 Å². The number of carbonyl (C=O) groups excluding carboxylic acids is 2. The Morgan fingerprint density at radius 1 is 0.951 bits per heavy atom. The first-order chi connectivity index (χ1) is 19.2. The van der Waals surface area contributed by atoms with Crippen LogP contribution in [0.1, 0.15) is 43.0 Å². The van der Waals surface area contributed by atoms with Gasteiger partial charge < -0.3 is 15.0 Å². The molecule has 0 bridgehead atoms. The standard InChI is InChI=1S/C32H41N3O5S/c1-23-17-18-29(40-6)27(19-23)35(41(7,38)39)22-30(36)34(21-26-16-12-11-13-24(26)2)28(31(37)33-32(3,4)5)20-25-14-9-8-10-15-25/h8-19,28H,20-22H2,1-7H3,(H,33,37)/t28-/m1/s1. The van der Waals surface area contributed by atoms with Crippen molar-refractivity contribution in [3.8, 4) is 5.75 Å². The van der Waals surface area contributed by atoms with E-state index in [1.165, 1.54) is 12.0 Å². The van der Waals surface area contributed by atoms with Crippen LogP contribution in [0.25, 0.3) is 0 Å². The molecule has 0 saturated heterocycles. The summed E-state index contributed by atoms with van der Waals surface area (Å²) in [4.78, 5) is 29.6. The minimum absolute atomic E-state index is 0.128. The van der Waals surface area contributed by atoms with Gasteiger partial charge in [-0.3, -0.25) is 13.9 Å². The van der Waals surface area contributed by atoms with Gasteiger partial charge in [0.05, 0.1) is 19.1 Å². The third-order valence-electron chi connectivity index (χ3n) is 6.65. The zero-order valence-electron chi connectivity index (χ0n) is 25.0. The van der Waals surface area contributed by atoms with Gasteiger partial charge in [-0.05, 0) is 69.0 Å². The summed E-state index contributed by atoms with van der Waals surface area (Å²) in [5.74, 6) is -0.500. The molecule has 3 aromatic carbocycles. The van der Waals surface area contributed by atoms with Gasteiger partial charge >= 0.3 is 0 Å². The molecule has 1 atom stereocenters. The van der Waals surface area contributed by atoms with E-state index < -0.39 is 34.1 Å². The molecule has 0 heterocycles. The summed E-state index contributed by atoms with van der Waals surface area (Å²) in [7, 11) is -2.45. The molecule has 0 aliphatic heterocycles. The van der Waals surface area contributed by atoms with Crippen molar-refractivity contribution >= 4 is 27.5 Å². The van der Waals surface area contributed by atoms with Crippen LogP contribution >= 0.6 is 0 Å². The molecule has 0 saturated carbocycles. The molecule has 2 amide bonds. The number of aryl methyl sites for hydroxylation is 2. The maximum atomic E-state index is 14.3.